The Balaban J connectivity index is 1.94. The van der Waals surface area contributed by atoms with Gasteiger partial charge < -0.3 is 21.3 Å². The third-order valence-electron chi connectivity index (χ3n) is 7.52. The number of ketones is 1. The lowest BCUT2D eigenvalue weighted by molar-refractivity contribution is -0.175. The molecule has 3 atom stereocenters. The van der Waals surface area contributed by atoms with Crippen molar-refractivity contribution >= 4 is 23.5 Å². The summed E-state index contributed by atoms with van der Waals surface area (Å²) in [5.41, 5.74) is 3.16. The summed E-state index contributed by atoms with van der Waals surface area (Å²) in [5.74, 6) is -12.4. The number of hydrogen-bond acceptors (Lipinski definition) is 5. The molecule has 3 rings (SSSR count). The largest absolute Gasteiger partial charge is 0.452 e. The van der Waals surface area contributed by atoms with Crippen molar-refractivity contribution < 1.29 is 54.3 Å². The second-order valence-electron chi connectivity index (χ2n) is 11.2. The van der Waals surface area contributed by atoms with Gasteiger partial charge in [0.25, 0.3) is 11.7 Å². The average Bonchev–Trinajstić information content (AvgIpc) is 3.48. The van der Waals surface area contributed by atoms with Crippen LogP contribution >= 0.6 is 0 Å². The molecule has 252 valence electrons. The standard InChI is InChI=1S/C30H32F8N4O4/c1-16(2)23(24(43)30(36,37)38)41-25(44)22-8-5-13-42(22)26(45)21(14-17-9-11-18(15-39)12-10-17)40-27(46)28(31,32)19-6-3-4-7-20(19)29(33,34)35/h3-4,6-7,9-12,16,21-23H,5,8,13-15,39H2,1-2H3,(H,40,46)(H,41,44)/t21-,22?,23?/m0/s1. The van der Waals surface area contributed by atoms with Crippen LogP contribution < -0.4 is 16.4 Å². The van der Waals surface area contributed by atoms with Crippen LogP contribution in [0.1, 0.15) is 48.9 Å². The fourth-order valence-corrected chi connectivity index (χ4v) is 5.09. The normalized spacial score (nSPS) is 17.0. The molecule has 1 fully saturated rings. The Labute approximate surface area is 258 Å². The lowest BCUT2D eigenvalue weighted by Gasteiger charge is -2.31. The number of nitrogens with zero attached hydrogens (tertiary/aromatic N) is 1. The first kappa shape index (κ1) is 36.4. The molecule has 1 aliphatic rings. The van der Waals surface area contributed by atoms with Crippen LogP contribution in [0.2, 0.25) is 0 Å². The van der Waals surface area contributed by atoms with Crippen LogP contribution in [-0.2, 0) is 44.2 Å². The number of alkyl halides is 8. The van der Waals surface area contributed by atoms with E-state index in [1.54, 1.807) is 12.1 Å². The van der Waals surface area contributed by atoms with Crippen molar-refractivity contribution in [1.29, 1.82) is 0 Å². The summed E-state index contributed by atoms with van der Waals surface area (Å²) in [5, 5.41) is 3.87. The zero-order valence-electron chi connectivity index (χ0n) is 24.6. The van der Waals surface area contributed by atoms with Crippen LogP contribution in [-0.4, -0.2) is 59.3 Å². The van der Waals surface area contributed by atoms with Crippen molar-refractivity contribution in [2.45, 2.75) is 76.1 Å². The molecule has 0 bridgehead atoms. The Morgan fingerprint density at radius 1 is 0.870 bits per heavy atom. The predicted octanol–water partition coefficient (Wildman–Crippen LogP) is 4.25. The molecule has 1 heterocycles. The van der Waals surface area contributed by atoms with E-state index < -0.39 is 83.4 Å². The van der Waals surface area contributed by atoms with E-state index in [1.807, 2.05) is 10.6 Å². The topological polar surface area (TPSA) is 122 Å². The maximum absolute atomic E-state index is 15.3. The van der Waals surface area contributed by atoms with Crippen molar-refractivity contribution in [3.63, 3.8) is 0 Å². The van der Waals surface area contributed by atoms with E-state index in [1.165, 1.54) is 26.0 Å². The molecule has 1 saturated heterocycles. The third kappa shape index (κ3) is 8.39. The average molecular weight is 665 g/mol. The molecule has 8 nitrogen and oxygen atoms in total. The monoisotopic (exact) mass is 664 g/mol. The van der Waals surface area contributed by atoms with Crippen molar-refractivity contribution in [3.8, 4) is 0 Å². The number of halogens is 8. The van der Waals surface area contributed by atoms with Gasteiger partial charge >= 0.3 is 18.3 Å². The number of amides is 3. The van der Waals surface area contributed by atoms with Gasteiger partial charge in [0.15, 0.2) is 0 Å². The molecule has 16 heteroatoms. The van der Waals surface area contributed by atoms with Gasteiger partial charge in [0.1, 0.15) is 12.1 Å². The Bertz CT molecular complexity index is 1430. The maximum Gasteiger partial charge on any atom is 0.452 e. The summed E-state index contributed by atoms with van der Waals surface area (Å²) < 4.78 is 111. The van der Waals surface area contributed by atoms with Gasteiger partial charge in [0.05, 0.1) is 11.6 Å². The van der Waals surface area contributed by atoms with Crippen molar-refractivity contribution in [2.75, 3.05) is 6.54 Å². The van der Waals surface area contributed by atoms with E-state index in [-0.39, 0.29) is 25.9 Å². The molecule has 46 heavy (non-hydrogen) atoms. The number of rotatable bonds is 11. The fraction of sp³-hybridized carbons (Fsp3) is 0.467. The van der Waals surface area contributed by atoms with Crippen molar-refractivity contribution in [2.24, 2.45) is 11.7 Å². The van der Waals surface area contributed by atoms with Gasteiger partial charge in [-0.25, -0.2) is 0 Å². The van der Waals surface area contributed by atoms with Gasteiger partial charge in [0, 0.05) is 25.1 Å². The minimum absolute atomic E-state index is 0.0659. The highest BCUT2D eigenvalue weighted by Gasteiger charge is 2.50. The molecule has 1 aliphatic heterocycles. The Kier molecular flexibility index (Phi) is 11.2. The minimum atomic E-state index is -5.27. The first-order valence-corrected chi connectivity index (χ1v) is 14.1. The van der Waals surface area contributed by atoms with E-state index in [9.17, 15) is 45.5 Å². The molecular formula is C30H32F8N4O4. The summed E-state index contributed by atoms with van der Waals surface area (Å²) >= 11 is 0. The molecule has 0 saturated carbocycles. The number of hydrogen-bond donors (Lipinski definition) is 3. The molecule has 2 unspecified atom stereocenters. The van der Waals surface area contributed by atoms with E-state index in [4.69, 9.17) is 5.73 Å². The van der Waals surface area contributed by atoms with Gasteiger partial charge in [-0.1, -0.05) is 56.3 Å². The molecule has 4 N–H and O–H groups in total. The molecular weight excluding hydrogens is 632 g/mol. The molecule has 2 aromatic carbocycles. The van der Waals surface area contributed by atoms with Crippen molar-refractivity contribution in [3.05, 3.63) is 70.8 Å². The number of Topliss-reactive ketones (excluding diaryl/α,β-unsaturated/α-hetero) is 1. The molecule has 0 aliphatic carbocycles. The first-order valence-electron chi connectivity index (χ1n) is 14.1. The van der Waals surface area contributed by atoms with E-state index in [2.05, 4.69) is 0 Å². The number of carbonyl (C=O) groups is 4. The van der Waals surface area contributed by atoms with Crippen LogP contribution in [0.3, 0.4) is 0 Å². The van der Waals surface area contributed by atoms with Crippen LogP contribution in [0.25, 0.3) is 0 Å². The van der Waals surface area contributed by atoms with Gasteiger partial charge in [-0.2, -0.15) is 35.1 Å². The first-order chi connectivity index (χ1) is 21.3. The number of nitrogens with one attached hydrogen (secondary N) is 2. The zero-order valence-corrected chi connectivity index (χ0v) is 24.6. The number of carbonyl (C=O) groups excluding carboxylic acids is 4. The second-order valence-corrected chi connectivity index (χ2v) is 11.2. The molecule has 0 aromatic heterocycles. The van der Waals surface area contributed by atoms with Gasteiger partial charge in [-0.15, -0.1) is 0 Å². The minimum Gasteiger partial charge on any atom is -0.344 e. The fourth-order valence-electron chi connectivity index (χ4n) is 5.09. The van der Waals surface area contributed by atoms with Crippen molar-refractivity contribution in [1.82, 2.24) is 15.5 Å². The number of likely N-dealkylation sites (tertiary alicyclic amines) is 1. The molecule has 3 amide bonds. The molecule has 0 radical (unpaired) electrons. The van der Waals surface area contributed by atoms with Crippen LogP contribution in [0.4, 0.5) is 35.1 Å². The highest BCUT2D eigenvalue weighted by atomic mass is 19.4. The Morgan fingerprint density at radius 3 is 1.96 bits per heavy atom. The van der Waals surface area contributed by atoms with Crippen LogP contribution in [0.5, 0.6) is 0 Å². The smallest absolute Gasteiger partial charge is 0.344 e. The van der Waals surface area contributed by atoms with Gasteiger partial charge in [0.2, 0.25) is 11.8 Å². The lowest BCUT2D eigenvalue weighted by atomic mass is 9.98. The summed E-state index contributed by atoms with van der Waals surface area (Å²) in [7, 11) is 0. The highest BCUT2D eigenvalue weighted by molar-refractivity contribution is 5.97. The van der Waals surface area contributed by atoms with Gasteiger partial charge in [-0.3, -0.25) is 19.2 Å². The summed E-state index contributed by atoms with van der Waals surface area (Å²) in [6, 6.07) is 3.38. The van der Waals surface area contributed by atoms with Gasteiger partial charge in [-0.05, 0) is 36.0 Å². The van der Waals surface area contributed by atoms with E-state index in [0.29, 0.717) is 23.3 Å². The summed E-state index contributed by atoms with van der Waals surface area (Å²) in [4.78, 5) is 52.6. The molecule has 0 spiro atoms. The molecule has 2 aromatic rings. The van der Waals surface area contributed by atoms with E-state index >= 15 is 8.78 Å². The summed E-state index contributed by atoms with van der Waals surface area (Å²) in [6.07, 6.45) is -10.9. The second kappa shape index (κ2) is 14.1. The predicted molar refractivity (Wildman–Crippen MR) is 148 cm³/mol. The third-order valence-corrected chi connectivity index (χ3v) is 7.52. The van der Waals surface area contributed by atoms with Crippen LogP contribution in [0, 0.1) is 5.92 Å². The quantitative estimate of drug-likeness (QED) is 0.311. The van der Waals surface area contributed by atoms with Crippen LogP contribution in [0.15, 0.2) is 48.5 Å². The Morgan fingerprint density at radius 2 is 1.43 bits per heavy atom. The summed E-state index contributed by atoms with van der Waals surface area (Å²) in [6.45, 7) is 2.51. The maximum atomic E-state index is 15.3. The SMILES string of the molecule is CC(C)C(NC(=O)C1CCCN1C(=O)[C@H](Cc1ccc(CN)cc1)NC(=O)C(F)(F)c1ccccc1C(F)(F)F)C(=O)C(F)(F)F. The van der Waals surface area contributed by atoms with E-state index in [0.717, 1.165) is 17.0 Å². The highest BCUT2D eigenvalue weighted by Crippen LogP contribution is 2.39. The lowest BCUT2D eigenvalue weighted by Crippen LogP contribution is -2.58. The zero-order chi connectivity index (χ0) is 34.6. The Hall–Kier alpha value is -4.08. The number of nitrogens with two attached hydrogens (primary N) is 1. The number of benzene rings is 2.